The Kier molecular flexibility index (Phi) is 5.58. The van der Waals surface area contributed by atoms with Crippen molar-refractivity contribution >= 4 is 11.7 Å². The first-order valence-corrected chi connectivity index (χ1v) is 8.57. The number of anilines is 1. The number of pyridine rings is 1. The number of nitrogens with one attached hydrogen (secondary N) is 1. The molecule has 1 aliphatic rings. The number of carbonyl (C=O) groups is 1. The zero-order valence-corrected chi connectivity index (χ0v) is 14.0. The van der Waals surface area contributed by atoms with E-state index in [9.17, 15) is 13.6 Å². The lowest BCUT2D eigenvalue weighted by Gasteiger charge is -2.27. The molecule has 1 aromatic carbocycles. The zero-order chi connectivity index (χ0) is 17.6. The number of carbonyl (C=O) groups excluding carboxylic acids is 1. The summed E-state index contributed by atoms with van der Waals surface area (Å²) in [6.45, 7) is 1.95. The standard InChI is InChI=1S/C19H21F2N3O/c20-15-7-6-14(17(21)13-15)8-10-23-18-16(5-4-9-22-18)19(25)24-11-2-1-3-12-24/h4-7,9,13H,1-3,8,10-12H2,(H,22,23). The molecule has 1 fully saturated rings. The number of halogens is 2. The second kappa shape index (κ2) is 8.05. The number of benzene rings is 1. The van der Waals surface area contributed by atoms with E-state index in [0.29, 0.717) is 29.9 Å². The molecule has 1 saturated heterocycles. The van der Waals surface area contributed by atoms with Gasteiger partial charge in [-0.2, -0.15) is 0 Å². The Bertz CT molecular complexity index is 745. The van der Waals surface area contributed by atoms with E-state index in [2.05, 4.69) is 10.3 Å². The number of hydrogen-bond donors (Lipinski definition) is 1. The topological polar surface area (TPSA) is 45.2 Å². The average molecular weight is 345 g/mol. The molecule has 0 radical (unpaired) electrons. The summed E-state index contributed by atoms with van der Waals surface area (Å²) in [6, 6.07) is 7.04. The van der Waals surface area contributed by atoms with Gasteiger partial charge < -0.3 is 10.2 Å². The molecule has 6 heteroatoms. The van der Waals surface area contributed by atoms with Gasteiger partial charge in [-0.3, -0.25) is 4.79 Å². The Morgan fingerprint density at radius 3 is 2.72 bits per heavy atom. The predicted molar refractivity (Wildman–Crippen MR) is 92.5 cm³/mol. The highest BCUT2D eigenvalue weighted by Gasteiger charge is 2.21. The summed E-state index contributed by atoms with van der Waals surface area (Å²) in [7, 11) is 0. The Labute approximate surface area is 145 Å². The van der Waals surface area contributed by atoms with Crippen LogP contribution in [0.2, 0.25) is 0 Å². The number of piperidine rings is 1. The minimum atomic E-state index is -0.589. The van der Waals surface area contributed by atoms with E-state index in [1.165, 1.54) is 12.1 Å². The highest BCUT2D eigenvalue weighted by molar-refractivity contribution is 5.98. The number of rotatable bonds is 5. The van der Waals surface area contributed by atoms with E-state index >= 15 is 0 Å². The number of likely N-dealkylation sites (tertiary alicyclic amines) is 1. The van der Waals surface area contributed by atoms with Crippen molar-refractivity contribution in [1.82, 2.24) is 9.88 Å². The molecule has 2 aromatic rings. The first kappa shape index (κ1) is 17.3. The molecule has 0 atom stereocenters. The van der Waals surface area contributed by atoms with Gasteiger partial charge in [0.1, 0.15) is 17.5 Å². The fourth-order valence-electron chi connectivity index (χ4n) is 3.03. The molecule has 1 aromatic heterocycles. The van der Waals surface area contributed by atoms with E-state index in [4.69, 9.17) is 0 Å². The third kappa shape index (κ3) is 4.32. The van der Waals surface area contributed by atoms with Gasteiger partial charge in [-0.25, -0.2) is 13.8 Å². The van der Waals surface area contributed by atoms with Crippen molar-refractivity contribution < 1.29 is 13.6 Å². The first-order chi connectivity index (χ1) is 12.1. The van der Waals surface area contributed by atoms with E-state index < -0.39 is 11.6 Å². The van der Waals surface area contributed by atoms with Gasteiger partial charge in [-0.1, -0.05) is 6.07 Å². The van der Waals surface area contributed by atoms with E-state index in [1.54, 1.807) is 18.3 Å². The first-order valence-electron chi connectivity index (χ1n) is 8.57. The van der Waals surface area contributed by atoms with Crippen molar-refractivity contribution in [3.8, 4) is 0 Å². The van der Waals surface area contributed by atoms with E-state index in [-0.39, 0.29) is 5.91 Å². The number of aromatic nitrogens is 1. The highest BCUT2D eigenvalue weighted by atomic mass is 19.1. The molecule has 0 unspecified atom stereocenters. The van der Waals surface area contributed by atoms with Gasteiger partial charge in [0.05, 0.1) is 5.56 Å². The van der Waals surface area contributed by atoms with E-state index in [0.717, 1.165) is 38.4 Å². The maximum absolute atomic E-state index is 13.7. The summed E-state index contributed by atoms with van der Waals surface area (Å²) >= 11 is 0. The summed E-state index contributed by atoms with van der Waals surface area (Å²) in [6.07, 6.45) is 5.20. The predicted octanol–water partition coefficient (Wildman–Crippen LogP) is 3.64. The van der Waals surface area contributed by atoms with Crippen LogP contribution in [0.25, 0.3) is 0 Å². The molecule has 0 spiro atoms. The van der Waals surface area contributed by atoms with Crippen molar-refractivity contribution in [3.05, 3.63) is 59.3 Å². The van der Waals surface area contributed by atoms with E-state index in [1.807, 2.05) is 4.90 Å². The average Bonchev–Trinajstić information content (AvgIpc) is 2.64. The van der Waals surface area contributed by atoms with Crippen molar-refractivity contribution in [2.24, 2.45) is 0 Å². The minimum Gasteiger partial charge on any atom is -0.369 e. The summed E-state index contributed by atoms with van der Waals surface area (Å²) in [5, 5.41) is 3.10. The van der Waals surface area contributed by atoms with Crippen LogP contribution in [0, 0.1) is 11.6 Å². The molecule has 2 heterocycles. The van der Waals surface area contributed by atoms with Crippen LogP contribution >= 0.6 is 0 Å². The van der Waals surface area contributed by atoms with Crippen LogP contribution in [-0.2, 0) is 6.42 Å². The lowest BCUT2D eigenvalue weighted by Crippen LogP contribution is -2.36. The normalized spacial score (nSPS) is 14.4. The van der Waals surface area contributed by atoms with Gasteiger partial charge in [-0.05, 0) is 49.4 Å². The largest absolute Gasteiger partial charge is 0.369 e. The van der Waals surface area contributed by atoms with Crippen LogP contribution in [0.5, 0.6) is 0 Å². The highest BCUT2D eigenvalue weighted by Crippen LogP contribution is 2.18. The van der Waals surface area contributed by atoms with Gasteiger partial charge in [0.25, 0.3) is 5.91 Å². The maximum atomic E-state index is 13.7. The van der Waals surface area contributed by atoms with Crippen LogP contribution in [-0.4, -0.2) is 35.4 Å². The van der Waals surface area contributed by atoms with Gasteiger partial charge in [0, 0.05) is 31.9 Å². The van der Waals surface area contributed by atoms with Gasteiger partial charge >= 0.3 is 0 Å². The van der Waals surface area contributed by atoms with Crippen LogP contribution in [0.3, 0.4) is 0 Å². The Morgan fingerprint density at radius 2 is 1.96 bits per heavy atom. The molecule has 25 heavy (non-hydrogen) atoms. The maximum Gasteiger partial charge on any atom is 0.257 e. The zero-order valence-electron chi connectivity index (χ0n) is 14.0. The van der Waals surface area contributed by atoms with Gasteiger partial charge in [0.2, 0.25) is 0 Å². The molecule has 1 aliphatic heterocycles. The SMILES string of the molecule is O=C(c1cccnc1NCCc1ccc(F)cc1F)N1CCCCC1. The molecular weight excluding hydrogens is 324 g/mol. The second-order valence-corrected chi connectivity index (χ2v) is 6.16. The van der Waals surface area contributed by atoms with Crippen molar-refractivity contribution in [1.29, 1.82) is 0 Å². The van der Waals surface area contributed by atoms with Crippen LogP contribution in [0.4, 0.5) is 14.6 Å². The van der Waals surface area contributed by atoms with Gasteiger partial charge in [-0.15, -0.1) is 0 Å². The van der Waals surface area contributed by atoms with Crippen molar-refractivity contribution in [2.75, 3.05) is 25.0 Å². The molecule has 0 aliphatic carbocycles. The third-order valence-electron chi connectivity index (χ3n) is 4.38. The molecule has 4 nitrogen and oxygen atoms in total. The van der Waals surface area contributed by atoms with Crippen molar-refractivity contribution in [3.63, 3.8) is 0 Å². The lowest BCUT2D eigenvalue weighted by atomic mass is 10.1. The van der Waals surface area contributed by atoms with Crippen LogP contribution < -0.4 is 5.32 Å². The molecule has 1 amide bonds. The lowest BCUT2D eigenvalue weighted by molar-refractivity contribution is 0.0725. The van der Waals surface area contributed by atoms with Crippen LogP contribution in [0.1, 0.15) is 35.2 Å². The van der Waals surface area contributed by atoms with Crippen molar-refractivity contribution in [2.45, 2.75) is 25.7 Å². The summed E-state index contributed by atoms with van der Waals surface area (Å²) in [5.74, 6) is -0.676. The number of amides is 1. The molecule has 132 valence electrons. The summed E-state index contributed by atoms with van der Waals surface area (Å²) < 4.78 is 26.6. The smallest absolute Gasteiger partial charge is 0.257 e. The molecule has 0 saturated carbocycles. The summed E-state index contributed by atoms with van der Waals surface area (Å²) in [5.41, 5.74) is 0.956. The Balaban J connectivity index is 1.65. The Morgan fingerprint density at radius 1 is 1.16 bits per heavy atom. The molecule has 0 bridgehead atoms. The number of nitrogens with zero attached hydrogens (tertiary/aromatic N) is 2. The Hall–Kier alpha value is -2.50. The summed E-state index contributed by atoms with van der Waals surface area (Å²) in [4.78, 5) is 18.8. The molecule has 3 rings (SSSR count). The van der Waals surface area contributed by atoms with Gasteiger partial charge in [0.15, 0.2) is 0 Å². The number of hydrogen-bond acceptors (Lipinski definition) is 3. The fourth-order valence-corrected chi connectivity index (χ4v) is 3.03. The quantitative estimate of drug-likeness (QED) is 0.900. The second-order valence-electron chi connectivity index (χ2n) is 6.16. The minimum absolute atomic E-state index is 0.0248. The monoisotopic (exact) mass is 345 g/mol. The fraction of sp³-hybridized carbons (Fsp3) is 0.368. The molecular formula is C19H21F2N3O. The third-order valence-corrected chi connectivity index (χ3v) is 4.38. The molecule has 1 N–H and O–H groups in total. The van der Waals surface area contributed by atoms with Crippen LogP contribution in [0.15, 0.2) is 36.5 Å².